The molecule has 2 aliphatic rings. The Kier molecular flexibility index (Phi) is 2.83. The molecule has 0 aliphatic heterocycles. The molecule has 0 amide bonds. The van der Waals surface area contributed by atoms with Crippen molar-refractivity contribution in [1.82, 2.24) is 10.3 Å². The highest BCUT2D eigenvalue weighted by Gasteiger charge is 2.48. The summed E-state index contributed by atoms with van der Waals surface area (Å²) in [6, 6.07) is 0.753. The molecule has 1 heterocycles. The second-order valence-corrected chi connectivity index (χ2v) is 8.21. The molecule has 1 aromatic heterocycles. The highest BCUT2D eigenvalue weighted by molar-refractivity contribution is 7.11. The van der Waals surface area contributed by atoms with Crippen LogP contribution in [-0.2, 0) is 5.54 Å². The van der Waals surface area contributed by atoms with E-state index in [0.29, 0.717) is 5.41 Å². The van der Waals surface area contributed by atoms with E-state index in [1.165, 1.54) is 47.7 Å². The summed E-state index contributed by atoms with van der Waals surface area (Å²) < 4.78 is 0. The molecule has 0 radical (unpaired) electrons. The average molecular weight is 264 g/mol. The van der Waals surface area contributed by atoms with E-state index in [4.69, 9.17) is 4.98 Å². The fourth-order valence-electron chi connectivity index (χ4n) is 3.21. The molecule has 0 aromatic carbocycles. The number of thiazole rings is 1. The van der Waals surface area contributed by atoms with E-state index in [0.717, 1.165) is 6.04 Å². The van der Waals surface area contributed by atoms with Crippen LogP contribution in [0.15, 0.2) is 0 Å². The highest BCUT2D eigenvalue weighted by Crippen LogP contribution is 2.51. The maximum atomic E-state index is 4.87. The van der Waals surface area contributed by atoms with Crippen LogP contribution in [0, 0.1) is 19.3 Å². The van der Waals surface area contributed by atoms with Crippen molar-refractivity contribution in [1.29, 1.82) is 0 Å². The van der Waals surface area contributed by atoms with Gasteiger partial charge in [-0.15, -0.1) is 11.3 Å². The second kappa shape index (κ2) is 4.04. The van der Waals surface area contributed by atoms with Crippen LogP contribution in [0.2, 0.25) is 0 Å². The topological polar surface area (TPSA) is 24.9 Å². The molecule has 2 aliphatic carbocycles. The van der Waals surface area contributed by atoms with E-state index in [9.17, 15) is 0 Å². The van der Waals surface area contributed by atoms with Crippen molar-refractivity contribution >= 4 is 11.3 Å². The quantitative estimate of drug-likeness (QED) is 0.895. The van der Waals surface area contributed by atoms with Gasteiger partial charge in [-0.25, -0.2) is 4.98 Å². The fourth-order valence-corrected chi connectivity index (χ4v) is 4.30. The summed E-state index contributed by atoms with van der Waals surface area (Å²) in [5, 5.41) is 5.27. The summed E-state index contributed by atoms with van der Waals surface area (Å²) in [5.41, 5.74) is 1.85. The van der Waals surface area contributed by atoms with Crippen LogP contribution in [0.3, 0.4) is 0 Å². The molecule has 3 heteroatoms. The Bertz CT molecular complexity index is 440. The fraction of sp³-hybridized carbons (Fsp3) is 0.800. The Balaban J connectivity index is 1.94. The summed E-state index contributed by atoms with van der Waals surface area (Å²) in [4.78, 5) is 6.25. The van der Waals surface area contributed by atoms with Gasteiger partial charge in [0, 0.05) is 10.9 Å². The lowest BCUT2D eigenvalue weighted by atomic mass is 9.88. The summed E-state index contributed by atoms with van der Waals surface area (Å²) in [5.74, 6) is 0. The number of nitrogens with zero attached hydrogens (tertiary/aromatic N) is 1. The van der Waals surface area contributed by atoms with E-state index < -0.39 is 0 Å². The predicted molar refractivity (Wildman–Crippen MR) is 77.1 cm³/mol. The molecule has 0 saturated heterocycles. The zero-order valence-corrected chi connectivity index (χ0v) is 12.8. The summed E-state index contributed by atoms with van der Waals surface area (Å²) in [6.07, 6.45) is 6.51. The number of aryl methyl sites for hydroxylation is 2. The van der Waals surface area contributed by atoms with Gasteiger partial charge in [0.05, 0.1) is 11.2 Å². The summed E-state index contributed by atoms with van der Waals surface area (Å²) >= 11 is 1.91. The van der Waals surface area contributed by atoms with Crippen molar-refractivity contribution < 1.29 is 0 Å². The molecule has 1 aromatic rings. The molecule has 0 spiro atoms. The van der Waals surface area contributed by atoms with Crippen molar-refractivity contribution in [2.24, 2.45) is 5.41 Å². The lowest BCUT2D eigenvalue weighted by Gasteiger charge is -2.30. The van der Waals surface area contributed by atoms with Gasteiger partial charge in [-0.2, -0.15) is 0 Å². The molecule has 1 N–H and O–H groups in total. The van der Waals surface area contributed by atoms with Gasteiger partial charge < -0.3 is 5.32 Å². The molecule has 100 valence electrons. The lowest BCUT2D eigenvalue weighted by Crippen LogP contribution is -2.42. The van der Waals surface area contributed by atoms with E-state index in [1.807, 2.05) is 11.3 Å². The van der Waals surface area contributed by atoms with E-state index in [2.05, 4.69) is 33.0 Å². The Hall–Kier alpha value is -0.410. The van der Waals surface area contributed by atoms with E-state index in [1.54, 1.807) is 0 Å². The van der Waals surface area contributed by atoms with Crippen molar-refractivity contribution in [2.75, 3.05) is 0 Å². The monoisotopic (exact) mass is 264 g/mol. The minimum absolute atomic E-state index is 0.175. The molecule has 2 saturated carbocycles. The third-order valence-corrected chi connectivity index (χ3v) is 5.78. The van der Waals surface area contributed by atoms with Gasteiger partial charge >= 0.3 is 0 Å². The zero-order valence-electron chi connectivity index (χ0n) is 12.0. The molecule has 1 atom stereocenters. The van der Waals surface area contributed by atoms with Gasteiger partial charge in [-0.3, -0.25) is 0 Å². The lowest BCUT2D eigenvalue weighted by molar-refractivity contribution is 0.285. The maximum absolute atomic E-state index is 4.87. The van der Waals surface area contributed by atoms with E-state index in [-0.39, 0.29) is 5.54 Å². The van der Waals surface area contributed by atoms with Crippen LogP contribution >= 0.6 is 11.3 Å². The minimum atomic E-state index is 0.175. The minimum Gasteiger partial charge on any atom is -0.303 e. The largest absolute Gasteiger partial charge is 0.303 e. The first-order valence-corrected chi connectivity index (χ1v) is 7.94. The van der Waals surface area contributed by atoms with Crippen LogP contribution in [0.5, 0.6) is 0 Å². The van der Waals surface area contributed by atoms with Gasteiger partial charge in [0.15, 0.2) is 0 Å². The third-order valence-electron chi connectivity index (χ3n) is 4.50. The molecule has 18 heavy (non-hydrogen) atoms. The maximum Gasteiger partial charge on any atom is 0.113 e. The van der Waals surface area contributed by atoms with Crippen LogP contribution in [0.1, 0.15) is 61.5 Å². The van der Waals surface area contributed by atoms with Crippen LogP contribution < -0.4 is 5.32 Å². The van der Waals surface area contributed by atoms with Crippen LogP contribution in [0.4, 0.5) is 0 Å². The van der Waals surface area contributed by atoms with Gasteiger partial charge in [-0.1, -0.05) is 13.8 Å². The van der Waals surface area contributed by atoms with Gasteiger partial charge in [-0.05, 0) is 51.4 Å². The Labute approximate surface area is 114 Å². The third kappa shape index (κ3) is 2.23. The predicted octanol–water partition coefficient (Wildman–Crippen LogP) is 3.92. The standard InChI is InChI=1S/C15H24N2S/c1-10-11(2)18-13(16-10)15(17-12-5-6-12)8-7-14(3,4)9-15/h12,17H,5-9H2,1-4H3. The molecule has 0 bridgehead atoms. The number of hydrogen-bond donors (Lipinski definition) is 1. The smallest absolute Gasteiger partial charge is 0.113 e. The average Bonchev–Trinajstić information content (AvgIpc) is 2.93. The van der Waals surface area contributed by atoms with Crippen molar-refractivity contribution in [3.63, 3.8) is 0 Å². The molecular weight excluding hydrogens is 240 g/mol. The Morgan fingerprint density at radius 2 is 1.94 bits per heavy atom. The zero-order chi connectivity index (χ0) is 13.0. The normalized spacial score (nSPS) is 30.9. The number of nitrogens with one attached hydrogen (secondary N) is 1. The Morgan fingerprint density at radius 3 is 2.39 bits per heavy atom. The molecule has 2 fully saturated rings. The van der Waals surface area contributed by atoms with E-state index >= 15 is 0 Å². The number of aromatic nitrogens is 1. The summed E-state index contributed by atoms with van der Waals surface area (Å²) in [6.45, 7) is 9.13. The first kappa shape index (κ1) is 12.6. The van der Waals surface area contributed by atoms with Gasteiger partial charge in [0.2, 0.25) is 0 Å². The molecule has 1 unspecified atom stereocenters. The number of rotatable bonds is 3. The molecular formula is C15H24N2S. The first-order chi connectivity index (χ1) is 8.40. The van der Waals surface area contributed by atoms with Crippen molar-refractivity contribution in [3.8, 4) is 0 Å². The van der Waals surface area contributed by atoms with Crippen molar-refractivity contribution in [2.45, 2.75) is 71.4 Å². The van der Waals surface area contributed by atoms with Crippen LogP contribution in [-0.4, -0.2) is 11.0 Å². The van der Waals surface area contributed by atoms with Crippen molar-refractivity contribution in [3.05, 3.63) is 15.6 Å². The first-order valence-electron chi connectivity index (χ1n) is 7.12. The Morgan fingerprint density at radius 1 is 1.22 bits per heavy atom. The second-order valence-electron chi connectivity index (χ2n) is 7.00. The highest BCUT2D eigenvalue weighted by atomic mass is 32.1. The molecule has 3 rings (SSSR count). The van der Waals surface area contributed by atoms with Gasteiger partial charge in [0.25, 0.3) is 0 Å². The SMILES string of the molecule is Cc1nc(C2(NC3CC3)CCC(C)(C)C2)sc1C. The molecule has 2 nitrogen and oxygen atoms in total. The van der Waals surface area contributed by atoms with Crippen LogP contribution in [0.25, 0.3) is 0 Å². The number of hydrogen-bond acceptors (Lipinski definition) is 3. The van der Waals surface area contributed by atoms with Gasteiger partial charge in [0.1, 0.15) is 5.01 Å². The summed E-state index contributed by atoms with van der Waals surface area (Å²) in [7, 11) is 0.